The van der Waals surface area contributed by atoms with E-state index in [4.69, 9.17) is 14.5 Å². The van der Waals surface area contributed by atoms with Crippen molar-refractivity contribution in [3.63, 3.8) is 0 Å². The number of carbonyl (C=O) groups excluding carboxylic acids is 1. The summed E-state index contributed by atoms with van der Waals surface area (Å²) in [6.45, 7) is 4.43. The van der Waals surface area contributed by atoms with E-state index in [9.17, 15) is 13.2 Å². The van der Waals surface area contributed by atoms with Crippen LogP contribution in [0.5, 0.6) is 11.5 Å². The van der Waals surface area contributed by atoms with E-state index in [0.29, 0.717) is 55.0 Å². The Morgan fingerprint density at radius 3 is 2.27 bits per heavy atom. The van der Waals surface area contributed by atoms with Gasteiger partial charge in [-0.1, -0.05) is 48.6 Å². The van der Waals surface area contributed by atoms with Crippen molar-refractivity contribution in [2.24, 2.45) is 0 Å². The van der Waals surface area contributed by atoms with Gasteiger partial charge in [-0.05, 0) is 43.9 Å². The van der Waals surface area contributed by atoms with Crippen LogP contribution < -0.4 is 14.4 Å². The molecular formula is C29H32N4O5S2. The maximum atomic E-state index is 13.7. The van der Waals surface area contributed by atoms with Crippen molar-refractivity contribution in [3.05, 3.63) is 77.9 Å². The quantitative estimate of drug-likeness (QED) is 0.273. The van der Waals surface area contributed by atoms with E-state index in [1.54, 1.807) is 17.0 Å². The van der Waals surface area contributed by atoms with Crippen molar-refractivity contribution in [2.45, 2.75) is 18.4 Å². The Bertz CT molecular complexity index is 1550. The molecule has 9 nitrogen and oxygen atoms in total. The number of carbonyl (C=O) groups is 1. The molecule has 0 N–H and O–H groups in total. The average molecular weight is 581 g/mol. The number of ether oxygens (including phenoxy) is 2. The molecule has 1 aromatic heterocycles. The number of thiazole rings is 1. The van der Waals surface area contributed by atoms with Gasteiger partial charge in [0.05, 0.1) is 15.1 Å². The van der Waals surface area contributed by atoms with Crippen LogP contribution in [0.2, 0.25) is 0 Å². The highest BCUT2D eigenvalue weighted by Gasteiger charge is 2.26. The molecule has 210 valence electrons. The van der Waals surface area contributed by atoms with Crippen molar-refractivity contribution in [3.8, 4) is 11.5 Å². The van der Waals surface area contributed by atoms with E-state index in [2.05, 4.69) is 0 Å². The molecule has 0 aliphatic carbocycles. The average Bonchev–Trinajstić information content (AvgIpc) is 3.37. The van der Waals surface area contributed by atoms with E-state index < -0.39 is 10.0 Å². The van der Waals surface area contributed by atoms with Crippen LogP contribution in [0.25, 0.3) is 10.2 Å². The number of aromatic nitrogens is 1. The lowest BCUT2D eigenvalue weighted by atomic mass is 10.2. The van der Waals surface area contributed by atoms with Crippen LogP contribution in [-0.2, 0) is 16.6 Å². The zero-order chi connectivity index (χ0) is 28.3. The van der Waals surface area contributed by atoms with E-state index in [0.717, 1.165) is 15.8 Å². The number of nitrogens with zero attached hydrogens (tertiary/aromatic N) is 4. The molecule has 11 heteroatoms. The third-order valence-electron chi connectivity index (χ3n) is 6.58. The molecule has 4 aromatic rings. The molecule has 0 unspecified atom stereocenters. The summed E-state index contributed by atoms with van der Waals surface area (Å²) in [5.74, 6) is 1.07. The summed E-state index contributed by atoms with van der Waals surface area (Å²) < 4.78 is 40.5. The lowest BCUT2D eigenvalue weighted by Crippen LogP contribution is -2.36. The van der Waals surface area contributed by atoms with Crippen molar-refractivity contribution in [1.29, 1.82) is 0 Å². The van der Waals surface area contributed by atoms with E-state index in [1.165, 1.54) is 27.8 Å². The molecule has 2 heterocycles. The first-order valence-corrected chi connectivity index (χ1v) is 15.3. The summed E-state index contributed by atoms with van der Waals surface area (Å²) in [6, 6.07) is 19.4. The van der Waals surface area contributed by atoms with Gasteiger partial charge in [0.1, 0.15) is 13.2 Å². The number of rotatable bonds is 10. The Kier molecular flexibility index (Phi) is 8.36. The summed E-state index contributed by atoms with van der Waals surface area (Å²) in [7, 11) is 0.142. The maximum Gasteiger partial charge on any atom is 0.260 e. The molecule has 0 radical (unpaired) electrons. The van der Waals surface area contributed by atoms with Crippen molar-refractivity contribution >= 4 is 42.6 Å². The number of hydrogen-bond acceptors (Lipinski definition) is 8. The zero-order valence-corrected chi connectivity index (χ0v) is 24.4. The van der Waals surface area contributed by atoms with Gasteiger partial charge < -0.3 is 14.4 Å². The van der Waals surface area contributed by atoms with Gasteiger partial charge in [-0.15, -0.1) is 0 Å². The number of anilines is 1. The number of hydrogen-bond donors (Lipinski definition) is 0. The Morgan fingerprint density at radius 2 is 1.62 bits per heavy atom. The van der Waals surface area contributed by atoms with Crippen LogP contribution in [0.4, 0.5) is 5.13 Å². The lowest BCUT2D eigenvalue weighted by molar-refractivity contribution is 0.0985. The largest absolute Gasteiger partial charge is 0.486 e. The molecule has 0 saturated carbocycles. The highest BCUT2D eigenvalue weighted by Crippen LogP contribution is 2.39. The van der Waals surface area contributed by atoms with Gasteiger partial charge in [0.2, 0.25) is 10.0 Å². The second-order valence-electron chi connectivity index (χ2n) is 9.66. The first kappa shape index (κ1) is 28.0. The molecule has 1 aliphatic rings. The molecule has 0 atom stereocenters. The third kappa shape index (κ3) is 5.97. The smallest absolute Gasteiger partial charge is 0.260 e. The number of likely N-dealkylation sites (N-methyl/N-ethyl adjacent to an activating group) is 1. The van der Waals surface area contributed by atoms with Gasteiger partial charge in [-0.3, -0.25) is 9.69 Å². The first-order chi connectivity index (χ1) is 19.3. The fourth-order valence-electron chi connectivity index (χ4n) is 4.38. The molecule has 1 aliphatic heterocycles. The second kappa shape index (κ2) is 11.9. The maximum absolute atomic E-state index is 13.7. The monoisotopic (exact) mass is 580 g/mol. The normalized spacial score (nSPS) is 13.2. The predicted octanol–water partition coefficient (Wildman–Crippen LogP) is 4.49. The molecule has 40 heavy (non-hydrogen) atoms. The first-order valence-electron chi connectivity index (χ1n) is 13.1. The lowest BCUT2D eigenvalue weighted by Gasteiger charge is -2.23. The molecule has 3 aromatic carbocycles. The third-order valence-corrected chi connectivity index (χ3v) is 9.56. The zero-order valence-electron chi connectivity index (χ0n) is 22.7. The van der Waals surface area contributed by atoms with Crippen LogP contribution >= 0.6 is 11.3 Å². The fourth-order valence-corrected chi connectivity index (χ4v) is 6.82. The van der Waals surface area contributed by atoms with Crippen LogP contribution in [-0.4, -0.2) is 75.5 Å². The minimum atomic E-state index is -3.74. The topological polar surface area (TPSA) is 92.3 Å². The molecule has 5 rings (SSSR count). The Hall–Kier alpha value is -3.51. The van der Waals surface area contributed by atoms with Gasteiger partial charge in [0, 0.05) is 43.9 Å². The SMILES string of the molecule is CCN(Cc1ccccc1)S(=O)(=O)c1ccc(C(=O)N(CCN(C)C)c2nc3cc4c(cc3s2)OCCO4)cc1. The molecule has 0 bridgehead atoms. The predicted molar refractivity (Wildman–Crippen MR) is 157 cm³/mol. The fraction of sp³-hybridized carbons (Fsp3) is 0.310. The molecule has 1 amide bonds. The standard InChI is InChI=1S/C29H32N4O5S2/c1-4-32(20-21-8-6-5-7-9-21)40(35,36)23-12-10-22(11-13-23)28(34)33(15-14-31(2)3)29-30-24-18-25-26(19-27(24)39-29)38-17-16-37-25/h5-13,18-19H,4,14-17,20H2,1-3H3. The Labute approximate surface area is 238 Å². The number of amides is 1. The van der Waals surface area contributed by atoms with Crippen LogP contribution in [0.15, 0.2) is 71.6 Å². The van der Waals surface area contributed by atoms with Gasteiger partial charge in [-0.25, -0.2) is 13.4 Å². The molecule has 0 fully saturated rings. The summed E-state index contributed by atoms with van der Waals surface area (Å²) in [5.41, 5.74) is 2.02. The molecule has 0 spiro atoms. The van der Waals surface area contributed by atoms with Gasteiger partial charge in [0.15, 0.2) is 16.6 Å². The van der Waals surface area contributed by atoms with E-state index in [1.807, 2.05) is 68.4 Å². The van der Waals surface area contributed by atoms with Gasteiger partial charge in [0.25, 0.3) is 5.91 Å². The molecular weight excluding hydrogens is 548 g/mol. The Morgan fingerprint density at radius 1 is 0.950 bits per heavy atom. The van der Waals surface area contributed by atoms with Crippen LogP contribution in [0.3, 0.4) is 0 Å². The highest BCUT2D eigenvalue weighted by molar-refractivity contribution is 7.89. The Balaban J connectivity index is 1.41. The highest BCUT2D eigenvalue weighted by atomic mass is 32.2. The number of fused-ring (bicyclic) bond motifs is 2. The minimum absolute atomic E-state index is 0.146. The second-order valence-corrected chi connectivity index (χ2v) is 12.6. The van der Waals surface area contributed by atoms with Gasteiger partial charge >= 0.3 is 0 Å². The van der Waals surface area contributed by atoms with E-state index in [-0.39, 0.29) is 17.3 Å². The number of sulfonamides is 1. The number of benzene rings is 3. The minimum Gasteiger partial charge on any atom is -0.486 e. The van der Waals surface area contributed by atoms with Crippen molar-refractivity contribution in [2.75, 3.05) is 51.8 Å². The van der Waals surface area contributed by atoms with E-state index >= 15 is 0 Å². The summed E-state index contributed by atoms with van der Waals surface area (Å²) in [6.07, 6.45) is 0. The molecule has 0 saturated heterocycles. The summed E-state index contributed by atoms with van der Waals surface area (Å²) in [4.78, 5) is 22.3. The van der Waals surface area contributed by atoms with Crippen molar-refractivity contribution < 1.29 is 22.7 Å². The van der Waals surface area contributed by atoms with Crippen LogP contribution in [0.1, 0.15) is 22.8 Å². The van der Waals surface area contributed by atoms with Crippen LogP contribution in [0, 0.1) is 0 Å². The van der Waals surface area contributed by atoms with Gasteiger partial charge in [-0.2, -0.15) is 4.31 Å². The summed E-state index contributed by atoms with van der Waals surface area (Å²) >= 11 is 1.41. The summed E-state index contributed by atoms with van der Waals surface area (Å²) in [5, 5.41) is 0.556. The van der Waals surface area contributed by atoms with Crippen molar-refractivity contribution in [1.82, 2.24) is 14.2 Å².